The number of carbonyl (C=O) groups excluding carboxylic acids is 1. The number of allylic oxidation sites excluding steroid dienone is 3. The van der Waals surface area contributed by atoms with E-state index in [4.69, 9.17) is 10.5 Å². The van der Waals surface area contributed by atoms with E-state index in [-0.39, 0.29) is 5.91 Å². The maximum atomic E-state index is 12.5. The van der Waals surface area contributed by atoms with Crippen LogP contribution in [0.3, 0.4) is 0 Å². The molecule has 0 saturated heterocycles. The maximum absolute atomic E-state index is 12.5. The van der Waals surface area contributed by atoms with Crippen LogP contribution in [0.4, 0.5) is 5.82 Å². The third-order valence-electron chi connectivity index (χ3n) is 4.32. The van der Waals surface area contributed by atoms with E-state index >= 15 is 0 Å². The lowest BCUT2D eigenvalue weighted by Gasteiger charge is -2.12. The van der Waals surface area contributed by atoms with E-state index in [0.29, 0.717) is 33.9 Å². The normalized spacial score (nSPS) is 11.6. The Labute approximate surface area is 168 Å². The quantitative estimate of drug-likeness (QED) is 0.495. The fraction of sp³-hybridized carbons (Fsp3) is 0.0909. The minimum Gasteiger partial charge on any atom is -0.494 e. The van der Waals surface area contributed by atoms with E-state index in [1.165, 1.54) is 6.33 Å². The maximum Gasteiger partial charge on any atom is 0.256 e. The summed E-state index contributed by atoms with van der Waals surface area (Å²) in [5.41, 5.74) is 8.96. The average Bonchev–Trinajstić information content (AvgIpc) is 2.76. The van der Waals surface area contributed by atoms with Gasteiger partial charge in [0, 0.05) is 5.56 Å². The van der Waals surface area contributed by atoms with Crippen LogP contribution in [0.2, 0.25) is 0 Å². The van der Waals surface area contributed by atoms with Crippen molar-refractivity contribution in [3.63, 3.8) is 0 Å². The summed E-state index contributed by atoms with van der Waals surface area (Å²) in [6, 6.07) is 10.9. The number of benzene rings is 2. The summed E-state index contributed by atoms with van der Waals surface area (Å²) in [7, 11) is 1.58. The Morgan fingerprint density at radius 1 is 1.21 bits per heavy atom. The molecule has 0 radical (unpaired) electrons. The molecule has 0 bridgehead atoms. The minimum atomic E-state index is -0.276. The summed E-state index contributed by atoms with van der Waals surface area (Å²) in [5, 5.41) is 3.42. The number of ether oxygens (including phenoxy) is 1. The zero-order valence-electron chi connectivity index (χ0n) is 16.2. The van der Waals surface area contributed by atoms with Gasteiger partial charge in [0.2, 0.25) is 0 Å². The number of hydrogen-bond donors (Lipinski definition) is 2. The second-order valence-corrected chi connectivity index (χ2v) is 6.07. The molecule has 3 rings (SSSR count). The largest absolute Gasteiger partial charge is 0.494 e. The van der Waals surface area contributed by atoms with Crippen molar-refractivity contribution in [2.75, 3.05) is 12.8 Å². The third-order valence-corrected chi connectivity index (χ3v) is 4.32. The molecule has 0 unspecified atom stereocenters. The second-order valence-electron chi connectivity index (χ2n) is 6.07. The van der Waals surface area contributed by atoms with Crippen LogP contribution in [-0.2, 0) is 0 Å². The lowest BCUT2D eigenvalue weighted by molar-refractivity contribution is 0.0965. The van der Waals surface area contributed by atoms with Gasteiger partial charge < -0.3 is 15.8 Å². The molecule has 3 aromatic rings. The predicted molar refractivity (Wildman–Crippen MR) is 116 cm³/mol. The predicted octanol–water partition coefficient (Wildman–Crippen LogP) is 3.74. The Hall–Kier alpha value is -4.00. The van der Waals surface area contributed by atoms with E-state index in [1.54, 1.807) is 31.4 Å². The van der Waals surface area contributed by atoms with Crippen LogP contribution in [0.1, 0.15) is 17.3 Å². The molecule has 1 heterocycles. The molecule has 0 aliphatic carbocycles. The highest BCUT2D eigenvalue weighted by Gasteiger charge is 2.14. The first-order valence-electron chi connectivity index (χ1n) is 8.87. The standard InChI is InChI=1S/C22H21N5O2/c1-4-5-6-18(24-2)27-22(28)15-9-7-14(8-10-15)16-11-12-17(29-3)20-19(16)21(23)26-13-25-20/h4-13H,2H2,1,3H3,(H,27,28)(H2,23,25,26)/b5-4-,18-6+. The zero-order chi connectivity index (χ0) is 20.8. The molecule has 1 aromatic heterocycles. The first-order valence-corrected chi connectivity index (χ1v) is 8.87. The number of nitrogens with one attached hydrogen (secondary N) is 1. The molecular weight excluding hydrogens is 366 g/mol. The highest BCUT2D eigenvalue weighted by Crippen LogP contribution is 2.35. The van der Waals surface area contributed by atoms with E-state index in [0.717, 1.165) is 11.1 Å². The van der Waals surface area contributed by atoms with E-state index in [2.05, 4.69) is 27.0 Å². The number of aliphatic imine (C=N–C) groups is 1. The van der Waals surface area contributed by atoms with Crippen molar-refractivity contribution in [2.24, 2.45) is 4.99 Å². The van der Waals surface area contributed by atoms with Gasteiger partial charge in [-0.15, -0.1) is 0 Å². The topological polar surface area (TPSA) is 102 Å². The number of methoxy groups -OCH3 is 1. The number of hydrogen-bond acceptors (Lipinski definition) is 6. The summed E-state index contributed by atoms with van der Waals surface area (Å²) < 4.78 is 5.38. The number of rotatable bonds is 6. The molecule has 146 valence electrons. The smallest absolute Gasteiger partial charge is 0.256 e. The van der Waals surface area contributed by atoms with Crippen molar-refractivity contribution in [3.05, 3.63) is 72.3 Å². The monoisotopic (exact) mass is 387 g/mol. The molecule has 0 aliphatic rings. The van der Waals surface area contributed by atoms with E-state index < -0.39 is 0 Å². The number of anilines is 1. The SMILES string of the molecule is C=N/C(=C\C=C/C)NC(=O)c1ccc(-c2ccc(OC)c3ncnc(N)c23)cc1. The number of amides is 1. The molecule has 1 amide bonds. The van der Waals surface area contributed by atoms with Crippen LogP contribution >= 0.6 is 0 Å². The lowest BCUT2D eigenvalue weighted by Crippen LogP contribution is -2.21. The number of fused-ring (bicyclic) bond motifs is 1. The summed E-state index contributed by atoms with van der Waals surface area (Å²) in [6.07, 6.45) is 6.69. The lowest BCUT2D eigenvalue weighted by atomic mass is 9.99. The Morgan fingerprint density at radius 2 is 1.97 bits per heavy atom. The molecule has 0 atom stereocenters. The van der Waals surface area contributed by atoms with Gasteiger partial charge in [0.15, 0.2) is 0 Å². The fourth-order valence-corrected chi connectivity index (χ4v) is 2.89. The van der Waals surface area contributed by atoms with Crippen LogP contribution in [0.15, 0.2) is 71.8 Å². The van der Waals surface area contributed by atoms with E-state index in [9.17, 15) is 4.79 Å². The average molecular weight is 387 g/mol. The van der Waals surface area contributed by atoms with Gasteiger partial charge in [-0.05, 0) is 55.1 Å². The second kappa shape index (κ2) is 8.79. The van der Waals surface area contributed by atoms with Gasteiger partial charge in [-0.1, -0.05) is 24.3 Å². The summed E-state index contributed by atoms with van der Waals surface area (Å²) in [5.74, 6) is 1.08. The first-order chi connectivity index (χ1) is 14.1. The number of nitrogen functional groups attached to an aromatic ring is 1. The van der Waals surface area contributed by atoms with Crippen LogP contribution in [0.25, 0.3) is 22.0 Å². The van der Waals surface area contributed by atoms with E-state index in [1.807, 2.05) is 37.3 Å². The molecule has 0 spiro atoms. The van der Waals surface area contributed by atoms with Crippen molar-refractivity contribution in [1.82, 2.24) is 15.3 Å². The summed E-state index contributed by atoms with van der Waals surface area (Å²) in [6.45, 7) is 5.34. The number of carbonyl (C=O) groups is 1. The minimum absolute atomic E-state index is 0.276. The Balaban J connectivity index is 1.95. The van der Waals surface area contributed by atoms with Gasteiger partial charge in [0.05, 0.1) is 12.5 Å². The zero-order valence-corrected chi connectivity index (χ0v) is 16.2. The van der Waals surface area contributed by atoms with Crippen LogP contribution in [0.5, 0.6) is 5.75 Å². The molecule has 0 fully saturated rings. The number of nitrogens with zero attached hydrogens (tertiary/aromatic N) is 3. The van der Waals surface area contributed by atoms with Crippen LogP contribution in [-0.4, -0.2) is 29.7 Å². The Morgan fingerprint density at radius 3 is 2.62 bits per heavy atom. The van der Waals surface area contributed by atoms with Crippen molar-refractivity contribution in [1.29, 1.82) is 0 Å². The molecular formula is C22H21N5O2. The van der Waals surface area contributed by atoms with Crippen molar-refractivity contribution < 1.29 is 9.53 Å². The first kappa shape index (κ1) is 19.8. The van der Waals surface area contributed by atoms with Crippen molar-refractivity contribution >= 4 is 29.3 Å². The molecule has 29 heavy (non-hydrogen) atoms. The Bertz CT molecular complexity index is 1120. The molecule has 7 heteroatoms. The Kier molecular flexibility index (Phi) is 5.99. The highest BCUT2D eigenvalue weighted by atomic mass is 16.5. The van der Waals surface area contributed by atoms with Crippen molar-refractivity contribution in [2.45, 2.75) is 6.92 Å². The number of nitrogens with two attached hydrogens (primary N) is 1. The van der Waals surface area contributed by atoms with Gasteiger partial charge >= 0.3 is 0 Å². The van der Waals surface area contributed by atoms with Crippen LogP contribution < -0.4 is 15.8 Å². The highest BCUT2D eigenvalue weighted by molar-refractivity contribution is 6.04. The summed E-state index contributed by atoms with van der Waals surface area (Å²) >= 11 is 0. The molecule has 3 N–H and O–H groups in total. The number of aromatic nitrogens is 2. The van der Waals surface area contributed by atoms with Gasteiger partial charge in [0.1, 0.15) is 29.2 Å². The molecule has 2 aromatic carbocycles. The van der Waals surface area contributed by atoms with Gasteiger partial charge in [0.25, 0.3) is 5.91 Å². The fourth-order valence-electron chi connectivity index (χ4n) is 2.89. The summed E-state index contributed by atoms with van der Waals surface area (Å²) in [4.78, 5) is 24.7. The van der Waals surface area contributed by atoms with Crippen molar-refractivity contribution in [3.8, 4) is 16.9 Å². The van der Waals surface area contributed by atoms with Gasteiger partial charge in [-0.25, -0.2) is 15.0 Å². The molecule has 0 aliphatic heterocycles. The molecule has 0 saturated carbocycles. The van der Waals surface area contributed by atoms with Gasteiger partial charge in [-0.2, -0.15) is 0 Å². The van der Waals surface area contributed by atoms with Crippen LogP contribution in [0, 0.1) is 0 Å². The van der Waals surface area contributed by atoms with Gasteiger partial charge in [-0.3, -0.25) is 4.79 Å². The molecule has 7 nitrogen and oxygen atoms in total. The third kappa shape index (κ3) is 4.14.